The van der Waals surface area contributed by atoms with E-state index in [9.17, 15) is 0 Å². The van der Waals surface area contributed by atoms with Crippen LogP contribution in [0.1, 0.15) is 36.0 Å². The topological polar surface area (TPSA) is 74.2 Å². The van der Waals surface area contributed by atoms with Crippen molar-refractivity contribution < 1.29 is 9.26 Å². The third-order valence-electron chi connectivity index (χ3n) is 3.40. The molecule has 2 N–H and O–H groups in total. The average molecular weight is 271 g/mol. The fourth-order valence-electron chi connectivity index (χ4n) is 2.21. The monoisotopic (exact) mass is 271 g/mol. The van der Waals surface area contributed by atoms with Crippen LogP contribution < -0.4 is 5.73 Å². The van der Waals surface area contributed by atoms with E-state index < -0.39 is 0 Å². The van der Waals surface area contributed by atoms with Gasteiger partial charge in [0, 0.05) is 30.9 Å². The van der Waals surface area contributed by atoms with Gasteiger partial charge in [0.2, 0.25) is 0 Å². The lowest BCUT2D eigenvalue weighted by Crippen LogP contribution is -2.15. The first kappa shape index (κ1) is 12.9. The lowest BCUT2D eigenvalue weighted by molar-refractivity contribution is 0.0830. The van der Waals surface area contributed by atoms with Crippen molar-refractivity contribution in [2.45, 2.75) is 18.8 Å². The highest BCUT2D eigenvalue weighted by Crippen LogP contribution is 2.24. The van der Waals surface area contributed by atoms with Crippen molar-refractivity contribution in [1.29, 1.82) is 0 Å². The van der Waals surface area contributed by atoms with E-state index >= 15 is 0 Å². The van der Waals surface area contributed by atoms with Crippen molar-refractivity contribution in [2.24, 2.45) is 0 Å². The number of aromatic nitrogens is 2. The van der Waals surface area contributed by atoms with Gasteiger partial charge >= 0.3 is 0 Å². The van der Waals surface area contributed by atoms with E-state index in [0.717, 1.165) is 43.1 Å². The highest BCUT2D eigenvalue weighted by atomic mass is 16.5. The van der Waals surface area contributed by atoms with E-state index in [1.165, 1.54) is 0 Å². The van der Waals surface area contributed by atoms with Crippen molar-refractivity contribution >= 4 is 17.8 Å². The highest BCUT2D eigenvalue weighted by molar-refractivity contribution is 5.66. The Kier molecular flexibility index (Phi) is 3.78. The molecule has 1 aromatic heterocycles. The molecule has 0 radical (unpaired) electrons. The molecule has 2 aromatic rings. The summed E-state index contributed by atoms with van der Waals surface area (Å²) in [5.41, 5.74) is 7.44. The Bertz CT molecular complexity index is 583. The molecule has 1 saturated heterocycles. The van der Waals surface area contributed by atoms with E-state index in [-0.39, 0.29) is 0 Å². The number of rotatable bonds is 3. The van der Waals surface area contributed by atoms with Crippen molar-refractivity contribution in [1.82, 2.24) is 10.1 Å². The average Bonchev–Trinajstić information content (AvgIpc) is 2.97. The number of hydrogen-bond donors (Lipinski definition) is 1. The van der Waals surface area contributed by atoms with Gasteiger partial charge in [0.25, 0.3) is 5.89 Å². The number of ether oxygens (including phenoxy) is 1. The minimum absolute atomic E-state index is 0.353. The quantitative estimate of drug-likeness (QED) is 0.869. The first-order valence-electron chi connectivity index (χ1n) is 6.76. The largest absolute Gasteiger partial charge is 0.399 e. The van der Waals surface area contributed by atoms with Crippen LogP contribution in [0.3, 0.4) is 0 Å². The Morgan fingerprint density at radius 1 is 1.10 bits per heavy atom. The van der Waals surface area contributed by atoms with Crippen LogP contribution in [0.25, 0.3) is 12.2 Å². The number of nitrogen functional groups attached to an aromatic ring is 1. The van der Waals surface area contributed by atoms with Crippen LogP contribution in [0.4, 0.5) is 5.69 Å². The predicted octanol–water partition coefficient (Wildman–Crippen LogP) is 2.72. The van der Waals surface area contributed by atoms with Crippen molar-refractivity contribution in [3.8, 4) is 0 Å². The van der Waals surface area contributed by atoms with E-state index in [4.69, 9.17) is 15.0 Å². The zero-order valence-corrected chi connectivity index (χ0v) is 11.2. The molecular weight excluding hydrogens is 254 g/mol. The Morgan fingerprint density at radius 3 is 2.60 bits per heavy atom. The molecule has 104 valence electrons. The molecule has 1 aromatic carbocycles. The second-order valence-electron chi connectivity index (χ2n) is 4.88. The Balaban J connectivity index is 1.68. The van der Waals surface area contributed by atoms with Crippen molar-refractivity contribution in [3.63, 3.8) is 0 Å². The van der Waals surface area contributed by atoms with Gasteiger partial charge in [-0.15, -0.1) is 0 Å². The van der Waals surface area contributed by atoms with Crippen molar-refractivity contribution in [2.75, 3.05) is 18.9 Å². The first-order chi connectivity index (χ1) is 9.81. The third-order valence-corrected chi connectivity index (χ3v) is 3.40. The summed E-state index contributed by atoms with van der Waals surface area (Å²) in [7, 11) is 0. The molecule has 0 spiro atoms. The van der Waals surface area contributed by atoms with Crippen LogP contribution in [0, 0.1) is 0 Å². The van der Waals surface area contributed by atoms with E-state index in [0.29, 0.717) is 11.8 Å². The van der Waals surface area contributed by atoms with Crippen LogP contribution in [-0.4, -0.2) is 23.4 Å². The van der Waals surface area contributed by atoms with Crippen LogP contribution in [0.2, 0.25) is 0 Å². The summed E-state index contributed by atoms with van der Waals surface area (Å²) in [6.45, 7) is 1.55. The van der Waals surface area contributed by atoms with Gasteiger partial charge in [0.1, 0.15) is 0 Å². The molecule has 2 heterocycles. The fourth-order valence-corrected chi connectivity index (χ4v) is 2.21. The van der Waals surface area contributed by atoms with E-state index in [2.05, 4.69) is 10.1 Å². The summed E-state index contributed by atoms with van der Waals surface area (Å²) in [5.74, 6) is 1.67. The molecular formula is C15H17N3O2. The van der Waals surface area contributed by atoms with Crippen LogP contribution in [0.5, 0.6) is 0 Å². The Hall–Kier alpha value is -2.14. The van der Waals surface area contributed by atoms with Gasteiger partial charge in [0.05, 0.1) is 0 Å². The summed E-state index contributed by atoms with van der Waals surface area (Å²) in [4.78, 5) is 4.42. The van der Waals surface area contributed by atoms with Crippen LogP contribution >= 0.6 is 0 Å². The normalized spacial score (nSPS) is 16.8. The lowest BCUT2D eigenvalue weighted by atomic mass is 10.00. The molecule has 3 rings (SSSR count). The predicted molar refractivity (Wildman–Crippen MR) is 76.9 cm³/mol. The SMILES string of the molecule is Nc1ccc(/C=C/c2nc(C3CCOCC3)no2)cc1. The lowest BCUT2D eigenvalue weighted by Gasteiger charge is -2.18. The number of hydrogen-bond acceptors (Lipinski definition) is 5. The number of nitrogens with zero attached hydrogens (tertiary/aromatic N) is 2. The zero-order chi connectivity index (χ0) is 13.8. The molecule has 0 saturated carbocycles. The molecule has 1 aliphatic rings. The van der Waals surface area contributed by atoms with Gasteiger partial charge in [-0.05, 0) is 36.6 Å². The summed E-state index contributed by atoms with van der Waals surface area (Å²) in [6, 6.07) is 7.62. The van der Waals surface area contributed by atoms with Gasteiger partial charge in [-0.2, -0.15) is 4.98 Å². The van der Waals surface area contributed by atoms with Gasteiger partial charge in [-0.3, -0.25) is 0 Å². The molecule has 0 unspecified atom stereocenters. The smallest absolute Gasteiger partial charge is 0.250 e. The van der Waals surface area contributed by atoms with Gasteiger partial charge < -0.3 is 15.0 Å². The highest BCUT2D eigenvalue weighted by Gasteiger charge is 2.20. The minimum atomic E-state index is 0.353. The van der Waals surface area contributed by atoms with Gasteiger partial charge in [-0.25, -0.2) is 0 Å². The fraction of sp³-hybridized carbons (Fsp3) is 0.333. The number of nitrogens with two attached hydrogens (primary N) is 1. The van der Waals surface area contributed by atoms with E-state index in [1.54, 1.807) is 0 Å². The standard InChI is InChI=1S/C15H17N3O2/c16-13-4-1-11(2-5-13)3-6-14-17-15(18-20-14)12-7-9-19-10-8-12/h1-6,12H,7-10,16H2/b6-3+. The minimum Gasteiger partial charge on any atom is -0.399 e. The second-order valence-corrected chi connectivity index (χ2v) is 4.88. The zero-order valence-electron chi connectivity index (χ0n) is 11.2. The maximum absolute atomic E-state index is 5.64. The molecule has 0 aliphatic carbocycles. The summed E-state index contributed by atoms with van der Waals surface area (Å²) in [6.07, 6.45) is 5.67. The summed E-state index contributed by atoms with van der Waals surface area (Å²) >= 11 is 0. The molecule has 1 fully saturated rings. The van der Waals surface area contributed by atoms with E-state index in [1.807, 2.05) is 36.4 Å². The number of benzene rings is 1. The molecule has 5 heteroatoms. The first-order valence-corrected chi connectivity index (χ1v) is 6.76. The third kappa shape index (κ3) is 3.05. The second kappa shape index (κ2) is 5.88. The molecule has 1 aliphatic heterocycles. The summed E-state index contributed by atoms with van der Waals surface area (Å²) < 4.78 is 10.6. The molecule has 0 bridgehead atoms. The molecule has 0 atom stereocenters. The van der Waals surface area contributed by atoms with Gasteiger partial charge in [-0.1, -0.05) is 17.3 Å². The Labute approximate surface area is 117 Å². The summed E-state index contributed by atoms with van der Waals surface area (Å²) in [5, 5.41) is 4.05. The molecule has 0 amide bonds. The molecule has 5 nitrogen and oxygen atoms in total. The maximum atomic E-state index is 5.64. The van der Waals surface area contributed by atoms with Crippen molar-refractivity contribution in [3.05, 3.63) is 41.5 Å². The van der Waals surface area contributed by atoms with Gasteiger partial charge in [0.15, 0.2) is 5.82 Å². The molecule has 20 heavy (non-hydrogen) atoms. The Morgan fingerprint density at radius 2 is 1.85 bits per heavy atom. The van der Waals surface area contributed by atoms with Crippen LogP contribution in [0.15, 0.2) is 28.8 Å². The maximum Gasteiger partial charge on any atom is 0.250 e. The number of anilines is 1. The van der Waals surface area contributed by atoms with Crippen LogP contribution in [-0.2, 0) is 4.74 Å².